The van der Waals surface area contributed by atoms with Crippen molar-refractivity contribution in [1.82, 2.24) is 15.5 Å². The van der Waals surface area contributed by atoms with E-state index in [0.29, 0.717) is 38.6 Å². The minimum absolute atomic E-state index is 0. The Bertz CT molecular complexity index is 629. The van der Waals surface area contributed by atoms with Crippen molar-refractivity contribution in [3.8, 4) is 11.5 Å². The summed E-state index contributed by atoms with van der Waals surface area (Å²) in [5, 5.41) is 6.36. The summed E-state index contributed by atoms with van der Waals surface area (Å²) in [6.45, 7) is 4.84. The Morgan fingerprint density at radius 2 is 1.93 bits per heavy atom. The third-order valence-electron chi connectivity index (χ3n) is 4.26. The standard InChI is InChI=1S/C19H29F3N4O2.HI/c1-4-23-18(25-15-9-10-26(12-15)13-19(20,21)22)24-11-14(2)28-17-7-5-16(27-3)6-8-17;/h5-8,14-15H,4,9-13H2,1-3H3,(H2,23,24,25);1H. The average Bonchev–Trinajstić information content (AvgIpc) is 3.05. The molecular weight excluding hydrogens is 500 g/mol. The minimum Gasteiger partial charge on any atom is -0.497 e. The number of hydrogen-bond acceptors (Lipinski definition) is 4. The minimum atomic E-state index is -4.16. The molecule has 166 valence electrons. The predicted octanol–water partition coefficient (Wildman–Crippen LogP) is 3.27. The smallest absolute Gasteiger partial charge is 0.401 e. The highest BCUT2D eigenvalue weighted by molar-refractivity contribution is 14.0. The van der Waals surface area contributed by atoms with Gasteiger partial charge in [-0.25, -0.2) is 4.99 Å². The lowest BCUT2D eigenvalue weighted by Gasteiger charge is -2.20. The summed E-state index contributed by atoms with van der Waals surface area (Å²) in [5.41, 5.74) is 0. The molecule has 2 N–H and O–H groups in total. The number of benzene rings is 1. The van der Waals surface area contributed by atoms with Crippen LogP contribution in [0.4, 0.5) is 13.2 Å². The number of halogens is 4. The van der Waals surface area contributed by atoms with Crippen LogP contribution < -0.4 is 20.1 Å². The first-order valence-electron chi connectivity index (χ1n) is 9.43. The Hall–Kier alpha value is -1.43. The van der Waals surface area contributed by atoms with Crippen molar-refractivity contribution >= 4 is 29.9 Å². The molecule has 0 radical (unpaired) electrons. The third-order valence-corrected chi connectivity index (χ3v) is 4.26. The molecule has 1 aromatic rings. The quantitative estimate of drug-likeness (QED) is 0.307. The van der Waals surface area contributed by atoms with E-state index >= 15 is 0 Å². The van der Waals surface area contributed by atoms with Crippen LogP contribution in [0.2, 0.25) is 0 Å². The molecule has 1 heterocycles. The van der Waals surface area contributed by atoms with Crippen molar-refractivity contribution in [3.63, 3.8) is 0 Å². The second-order valence-electron chi connectivity index (χ2n) is 6.80. The van der Waals surface area contributed by atoms with E-state index in [4.69, 9.17) is 9.47 Å². The van der Waals surface area contributed by atoms with Crippen LogP contribution in [-0.4, -0.2) is 69.0 Å². The van der Waals surface area contributed by atoms with Gasteiger partial charge in [0.15, 0.2) is 5.96 Å². The molecule has 29 heavy (non-hydrogen) atoms. The van der Waals surface area contributed by atoms with Gasteiger partial charge in [0.25, 0.3) is 0 Å². The van der Waals surface area contributed by atoms with Gasteiger partial charge < -0.3 is 20.1 Å². The molecule has 1 aromatic carbocycles. The van der Waals surface area contributed by atoms with Crippen molar-refractivity contribution in [1.29, 1.82) is 0 Å². The summed E-state index contributed by atoms with van der Waals surface area (Å²) in [7, 11) is 1.61. The van der Waals surface area contributed by atoms with Crippen molar-refractivity contribution in [2.45, 2.75) is 38.6 Å². The first-order valence-corrected chi connectivity index (χ1v) is 9.43. The number of rotatable bonds is 8. The van der Waals surface area contributed by atoms with E-state index in [9.17, 15) is 13.2 Å². The molecule has 2 atom stereocenters. The SMILES string of the molecule is CCNC(=NCC(C)Oc1ccc(OC)cc1)NC1CCN(CC(F)(F)F)C1.I. The van der Waals surface area contributed by atoms with Gasteiger partial charge in [-0.2, -0.15) is 13.2 Å². The van der Waals surface area contributed by atoms with E-state index in [0.717, 1.165) is 11.5 Å². The van der Waals surface area contributed by atoms with Gasteiger partial charge in [-0.1, -0.05) is 0 Å². The van der Waals surface area contributed by atoms with Gasteiger partial charge in [0, 0.05) is 25.7 Å². The fourth-order valence-corrected chi connectivity index (χ4v) is 3.00. The first-order chi connectivity index (χ1) is 13.3. The van der Waals surface area contributed by atoms with Crippen molar-refractivity contribution < 1.29 is 22.6 Å². The van der Waals surface area contributed by atoms with Gasteiger partial charge in [-0.3, -0.25) is 4.90 Å². The average molecular weight is 530 g/mol. The van der Waals surface area contributed by atoms with Crippen LogP contribution in [0.1, 0.15) is 20.3 Å². The number of alkyl halides is 3. The van der Waals surface area contributed by atoms with E-state index in [1.807, 2.05) is 38.1 Å². The maximum atomic E-state index is 12.5. The van der Waals surface area contributed by atoms with Crippen molar-refractivity contribution in [2.75, 3.05) is 39.8 Å². The third kappa shape index (κ3) is 9.75. The van der Waals surface area contributed by atoms with E-state index < -0.39 is 12.7 Å². The molecule has 1 fully saturated rings. The summed E-state index contributed by atoms with van der Waals surface area (Å²) in [6, 6.07) is 7.25. The summed E-state index contributed by atoms with van der Waals surface area (Å²) >= 11 is 0. The molecule has 0 spiro atoms. The number of methoxy groups -OCH3 is 1. The lowest BCUT2D eigenvalue weighted by atomic mass is 10.3. The van der Waals surface area contributed by atoms with Crippen LogP contribution in [0, 0.1) is 0 Å². The maximum absolute atomic E-state index is 12.5. The van der Waals surface area contributed by atoms with E-state index in [2.05, 4.69) is 15.6 Å². The van der Waals surface area contributed by atoms with E-state index in [-0.39, 0.29) is 36.1 Å². The van der Waals surface area contributed by atoms with Crippen LogP contribution >= 0.6 is 24.0 Å². The number of likely N-dealkylation sites (tertiary alicyclic amines) is 1. The number of aliphatic imine (C=N–C) groups is 1. The number of nitrogens with one attached hydrogen (secondary N) is 2. The molecule has 0 amide bonds. The van der Waals surface area contributed by atoms with Crippen LogP contribution in [0.15, 0.2) is 29.3 Å². The second kappa shape index (κ2) is 12.3. The fraction of sp³-hybridized carbons (Fsp3) is 0.632. The van der Waals surface area contributed by atoms with Gasteiger partial charge in [-0.15, -0.1) is 24.0 Å². The zero-order chi connectivity index (χ0) is 20.6. The Morgan fingerprint density at radius 1 is 1.28 bits per heavy atom. The fourth-order valence-electron chi connectivity index (χ4n) is 3.00. The second-order valence-corrected chi connectivity index (χ2v) is 6.80. The highest BCUT2D eigenvalue weighted by atomic mass is 127. The van der Waals surface area contributed by atoms with Gasteiger partial charge >= 0.3 is 6.18 Å². The van der Waals surface area contributed by atoms with Crippen molar-refractivity contribution in [3.05, 3.63) is 24.3 Å². The lowest BCUT2D eigenvalue weighted by molar-refractivity contribution is -0.143. The molecule has 2 rings (SSSR count). The summed E-state index contributed by atoms with van der Waals surface area (Å²) in [5.74, 6) is 2.07. The molecule has 2 unspecified atom stereocenters. The van der Waals surface area contributed by atoms with Crippen molar-refractivity contribution in [2.24, 2.45) is 4.99 Å². The molecule has 1 saturated heterocycles. The maximum Gasteiger partial charge on any atom is 0.401 e. The molecule has 0 bridgehead atoms. The van der Waals surface area contributed by atoms with Gasteiger partial charge in [0.05, 0.1) is 20.2 Å². The Labute approximate surface area is 187 Å². The summed E-state index contributed by atoms with van der Waals surface area (Å²) in [4.78, 5) is 5.92. The van der Waals surface area contributed by atoms with Crippen LogP contribution in [0.25, 0.3) is 0 Å². The summed E-state index contributed by atoms with van der Waals surface area (Å²) in [6.07, 6.45) is -3.67. The first kappa shape index (κ1) is 25.6. The van der Waals surface area contributed by atoms with Crippen LogP contribution in [0.5, 0.6) is 11.5 Å². The highest BCUT2D eigenvalue weighted by Crippen LogP contribution is 2.20. The molecule has 1 aliphatic rings. The van der Waals surface area contributed by atoms with Gasteiger partial charge in [-0.05, 0) is 44.5 Å². The zero-order valence-electron chi connectivity index (χ0n) is 17.0. The predicted molar refractivity (Wildman–Crippen MR) is 119 cm³/mol. The molecule has 0 aliphatic carbocycles. The largest absolute Gasteiger partial charge is 0.497 e. The normalized spacial score (nSPS) is 18.7. The Balaban J connectivity index is 0.00000420. The molecule has 0 saturated carbocycles. The molecular formula is C19H30F3IN4O2. The van der Waals surface area contributed by atoms with Crippen LogP contribution in [-0.2, 0) is 0 Å². The Kier molecular flexibility index (Phi) is 10.9. The zero-order valence-corrected chi connectivity index (χ0v) is 19.3. The molecule has 10 heteroatoms. The molecule has 6 nitrogen and oxygen atoms in total. The van der Waals surface area contributed by atoms with E-state index in [1.54, 1.807) is 7.11 Å². The highest BCUT2D eigenvalue weighted by Gasteiger charge is 2.34. The number of ether oxygens (including phenoxy) is 2. The molecule has 0 aromatic heterocycles. The summed E-state index contributed by atoms with van der Waals surface area (Å²) < 4.78 is 48.5. The monoisotopic (exact) mass is 530 g/mol. The number of guanidine groups is 1. The number of nitrogens with zero attached hydrogens (tertiary/aromatic N) is 2. The molecule has 1 aliphatic heterocycles. The van der Waals surface area contributed by atoms with Crippen LogP contribution in [0.3, 0.4) is 0 Å². The van der Waals surface area contributed by atoms with Gasteiger partial charge in [0.1, 0.15) is 17.6 Å². The Morgan fingerprint density at radius 3 is 2.52 bits per heavy atom. The van der Waals surface area contributed by atoms with Gasteiger partial charge in [0.2, 0.25) is 0 Å². The van der Waals surface area contributed by atoms with E-state index in [1.165, 1.54) is 4.90 Å². The number of hydrogen-bond donors (Lipinski definition) is 2. The topological polar surface area (TPSA) is 58.1 Å². The lowest BCUT2D eigenvalue weighted by Crippen LogP contribution is -2.45.